The number of allylic oxidation sites excluding steroid dienone is 2. The first kappa shape index (κ1) is 41.0. The SMILES string of the molecule is CNCCC(=CC(O)C1C(N=C(N)N)C=CC2(CC3(O)C=CC4(O)C5=C(C(=O)CC2(C)C53C)C2(C)CCC(=O)C(C)(C)C2C4C=Cc2ccccc2)C1C)C(=O)O. The van der Waals surface area contributed by atoms with Crippen molar-refractivity contribution in [2.75, 3.05) is 13.6 Å². The molecule has 12 atom stereocenters. The van der Waals surface area contributed by atoms with Crippen LogP contribution in [0.1, 0.15) is 79.2 Å². The van der Waals surface area contributed by atoms with Crippen LogP contribution in [0.25, 0.3) is 6.08 Å². The van der Waals surface area contributed by atoms with Gasteiger partial charge in [0.05, 0.1) is 17.7 Å². The Bertz CT molecular complexity index is 2070. The molecule has 0 bridgehead atoms. The van der Waals surface area contributed by atoms with Crippen LogP contribution in [0.3, 0.4) is 0 Å². The van der Waals surface area contributed by atoms with Gasteiger partial charge in [-0.3, -0.25) is 9.59 Å². The summed E-state index contributed by atoms with van der Waals surface area (Å²) in [6.07, 6.45) is 12.4. The molecule has 0 heterocycles. The molecule has 6 aliphatic carbocycles. The number of benzene rings is 1. The third kappa shape index (κ3) is 5.44. The molecule has 7 rings (SSSR count). The van der Waals surface area contributed by atoms with Crippen molar-refractivity contribution in [3.05, 3.63) is 89.1 Å². The van der Waals surface area contributed by atoms with Gasteiger partial charge in [-0.15, -0.1) is 0 Å². The lowest BCUT2D eigenvalue weighted by atomic mass is 9.35. The number of nitrogens with one attached hydrogen (secondary N) is 1. The van der Waals surface area contributed by atoms with E-state index in [9.17, 15) is 30.0 Å². The average molecular weight is 781 g/mol. The fourth-order valence-electron chi connectivity index (χ4n) is 13.4. The number of carboxylic acid groups (broad SMARTS) is 1. The van der Waals surface area contributed by atoms with Crippen LogP contribution in [0.4, 0.5) is 0 Å². The lowest BCUT2D eigenvalue weighted by molar-refractivity contribution is -0.164. The van der Waals surface area contributed by atoms with Gasteiger partial charge in [-0.05, 0) is 73.4 Å². The first-order valence-electron chi connectivity index (χ1n) is 20.3. The summed E-state index contributed by atoms with van der Waals surface area (Å²) in [6, 6.07) is 9.06. The summed E-state index contributed by atoms with van der Waals surface area (Å²) in [6.45, 7) is 12.3. The summed E-state index contributed by atoms with van der Waals surface area (Å²) in [5, 5.41) is 52.0. The van der Waals surface area contributed by atoms with Crippen molar-refractivity contribution in [1.82, 2.24) is 5.32 Å². The lowest BCUT2D eigenvalue weighted by Crippen LogP contribution is -2.70. The first-order valence-corrected chi connectivity index (χ1v) is 20.3. The molecule has 2 fully saturated rings. The standard InChI is InChI=1S/C46H60N4O7/c1-26-34(31(51)23-28(38(54)55)17-22-49-7)30(50-39(47)48)15-19-44(26)25-45(56)20-21-46(57)29(14-13-27-11-9-8-10-12-27)36-40(2,3)33(53)16-18-41(36,4)35-32(52)24-42(44,5)43(45,6)37(35)46/h8-15,19-21,23,26,29-31,34,36,49,51,56-57H,16-18,22,24-25H2,1-7H3,(H,54,55)(H4,47,48,50). The molecule has 6 aliphatic rings. The fourth-order valence-corrected chi connectivity index (χ4v) is 13.4. The fraction of sp³-hybridized carbons (Fsp3) is 0.565. The molecule has 12 unspecified atom stereocenters. The van der Waals surface area contributed by atoms with Gasteiger partial charge in [-0.25, -0.2) is 9.79 Å². The number of carbonyl (C=O) groups is 3. The van der Waals surface area contributed by atoms with E-state index in [1.54, 1.807) is 19.2 Å². The quantitative estimate of drug-likeness (QED) is 0.0809. The van der Waals surface area contributed by atoms with E-state index in [4.69, 9.17) is 11.5 Å². The molecule has 0 radical (unpaired) electrons. The maximum absolute atomic E-state index is 15.4. The first-order chi connectivity index (χ1) is 26.6. The Hall–Kier alpha value is -4.16. The molecular formula is C46H60N4O7. The van der Waals surface area contributed by atoms with Gasteiger partial charge in [0, 0.05) is 57.5 Å². The Balaban J connectivity index is 1.46. The zero-order valence-corrected chi connectivity index (χ0v) is 34.3. The van der Waals surface area contributed by atoms with Crippen LogP contribution >= 0.6 is 0 Å². The molecule has 0 amide bonds. The Morgan fingerprint density at radius 2 is 1.74 bits per heavy atom. The Morgan fingerprint density at radius 1 is 1.05 bits per heavy atom. The van der Waals surface area contributed by atoms with Crippen molar-refractivity contribution >= 4 is 29.6 Å². The zero-order valence-electron chi connectivity index (χ0n) is 34.3. The summed E-state index contributed by atoms with van der Waals surface area (Å²) < 4.78 is 0. The summed E-state index contributed by atoms with van der Waals surface area (Å²) in [5.74, 6) is -3.70. The smallest absolute Gasteiger partial charge is 0.331 e. The van der Waals surface area contributed by atoms with Crippen LogP contribution in [0.2, 0.25) is 0 Å². The van der Waals surface area contributed by atoms with E-state index >= 15 is 4.79 Å². The van der Waals surface area contributed by atoms with Gasteiger partial charge in [0.25, 0.3) is 0 Å². The summed E-state index contributed by atoms with van der Waals surface area (Å²) in [4.78, 5) is 46.1. The highest BCUT2D eigenvalue weighted by molar-refractivity contribution is 6.02. The molecule has 306 valence electrons. The highest BCUT2D eigenvalue weighted by Gasteiger charge is 2.82. The normalized spacial score (nSPS) is 42.3. The van der Waals surface area contributed by atoms with E-state index in [0.29, 0.717) is 30.5 Å². The minimum atomic E-state index is -1.74. The topological polar surface area (TPSA) is 209 Å². The molecule has 1 aromatic rings. The molecule has 0 aliphatic heterocycles. The van der Waals surface area contributed by atoms with Gasteiger partial charge in [0.15, 0.2) is 11.7 Å². The van der Waals surface area contributed by atoms with E-state index < -0.39 is 80.1 Å². The number of aliphatic carboxylic acids is 1. The Kier molecular flexibility index (Phi) is 9.67. The van der Waals surface area contributed by atoms with Crippen LogP contribution in [0, 0.1) is 50.7 Å². The predicted octanol–water partition coefficient (Wildman–Crippen LogP) is 4.49. The minimum Gasteiger partial charge on any atom is -0.478 e. The summed E-state index contributed by atoms with van der Waals surface area (Å²) >= 11 is 0. The molecule has 1 aromatic carbocycles. The van der Waals surface area contributed by atoms with Crippen molar-refractivity contribution in [3.8, 4) is 0 Å². The maximum Gasteiger partial charge on any atom is 0.331 e. The van der Waals surface area contributed by atoms with E-state index in [2.05, 4.69) is 17.2 Å². The number of aliphatic hydroxyl groups is 3. The average Bonchev–Trinajstić information content (AvgIpc) is 3.29. The van der Waals surface area contributed by atoms with Gasteiger partial charge in [-0.1, -0.05) is 102 Å². The zero-order chi connectivity index (χ0) is 41.7. The number of fused-ring (bicyclic) bond motifs is 3. The molecule has 11 heteroatoms. The number of carbonyl (C=O) groups excluding carboxylic acids is 2. The second kappa shape index (κ2) is 13.4. The van der Waals surface area contributed by atoms with Gasteiger partial charge >= 0.3 is 5.97 Å². The van der Waals surface area contributed by atoms with Gasteiger partial charge in [0.2, 0.25) is 0 Å². The number of rotatable bonds is 9. The molecule has 2 saturated carbocycles. The number of nitrogens with zero attached hydrogens (tertiary/aromatic N) is 1. The Labute approximate surface area is 335 Å². The van der Waals surface area contributed by atoms with E-state index in [1.807, 2.05) is 89.3 Å². The van der Waals surface area contributed by atoms with Gasteiger partial charge in [0.1, 0.15) is 11.4 Å². The van der Waals surface area contributed by atoms with Gasteiger partial charge < -0.3 is 37.2 Å². The number of aliphatic hydroxyl groups excluding tert-OH is 1. The number of guanidine groups is 1. The van der Waals surface area contributed by atoms with Crippen molar-refractivity contribution in [2.24, 2.45) is 67.2 Å². The molecule has 1 spiro atoms. The number of carboxylic acids is 1. The number of aliphatic imine (C=N–C) groups is 1. The third-order valence-electron chi connectivity index (χ3n) is 16.3. The maximum atomic E-state index is 15.4. The second-order valence-electron chi connectivity index (χ2n) is 19.1. The largest absolute Gasteiger partial charge is 0.478 e. The number of Topliss-reactive ketones (excluding diaryl/α,β-unsaturated/α-hetero) is 2. The van der Waals surface area contributed by atoms with E-state index in [-0.39, 0.29) is 42.4 Å². The molecule has 9 N–H and O–H groups in total. The van der Waals surface area contributed by atoms with E-state index in [1.165, 1.54) is 6.08 Å². The second-order valence-corrected chi connectivity index (χ2v) is 19.1. The van der Waals surface area contributed by atoms with Crippen molar-refractivity contribution in [2.45, 2.75) is 97.0 Å². The number of hydrogen-bond acceptors (Lipinski definition) is 8. The molecule has 0 aromatic heterocycles. The number of hydrogen-bond donors (Lipinski definition) is 7. The molecule has 0 saturated heterocycles. The summed E-state index contributed by atoms with van der Waals surface area (Å²) in [5.41, 5.74) is 5.67. The van der Waals surface area contributed by atoms with Crippen LogP contribution in [0.15, 0.2) is 88.5 Å². The lowest BCUT2D eigenvalue weighted by Gasteiger charge is -2.68. The van der Waals surface area contributed by atoms with Crippen molar-refractivity contribution in [3.63, 3.8) is 0 Å². The van der Waals surface area contributed by atoms with Crippen LogP contribution < -0.4 is 16.8 Å². The molecule has 11 nitrogen and oxygen atoms in total. The van der Waals surface area contributed by atoms with Gasteiger partial charge in [-0.2, -0.15) is 0 Å². The highest BCUT2D eigenvalue weighted by atomic mass is 16.4. The Morgan fingerprint density at radius 3 is 2.37 bits per heavy atom. The molecular weight excluding hydrogens is 721 g/mol. The minimum absolute atomic E-state index is 0.0390. The monoisotopic (exact) mass is 780 g/mol. The summed E-state index contributed by atoms with van der Waals surface area (Å²) in [7, 11) is 1.72. The van der Waals surface area contributed by atoms with E-state index in [0.717, 1.165) is 5.56 Å². The van der Waals surface area contributed by atoms with Crippen molar-refractivity contribution in [1.29, 1.82) is 0 Å². The van der Waals surface area contributed by atoms with Crippen LogP contribution in [0.5, 0.6) is 0 Å². The van der Waals surface area contributed by atoms with Crippen LogP contribution in [-0.4, -0.2) is 80.9 Å². The van der Waals surface area contributed by atoms with Crippen LogP contribution in [-0.2, 0) is 14.4 Å². The third-order valence-corrected chi connectivity index (χ3v) is 16.3. The predicted molar refractivity (Wildman–Crippen MR) is 219 cm³/mol. The highest BCUT2D eigenvalue weighted by Crippen LogP contribution is 2.82. The molecule has 57 heavy (non-hydrogen) atoms. The number of ketones is 2. The van der Waals surface area contributed by atoms with Crippen molar-refractivity contribution < 1.29 is 34.8 Å². The number of nitrogens with two attached hydrogens (primary N) is 2.